The van der Waals surface area contributed by atoms with E-state index in [2.05, 4.69) is 17.1 Å². The number of ether oxygens (including phenoxy) is 1. The van der Waals surface area contributed by atoms with Crippen LogP contribution < -0.4 is 4.80 Å². The predicted octanol–water partition coefficient (Wildman–Crippen LogP) is 3.50. The van der Waals surface area contributed by atoms with Gasteiger partial charge < -0.3 is 9.30 Å². The van der Waals surface area contributed by atoms with Crippen molar-refractivity contribution >= 4 is 37.3 Å². The fraction of sp³-hybridized carbons (Fsp3) is 0.333. The minimum atomic E-state index is -3.40. The summed E-state index contributed by atoms with van der Waals surface area (Å²) in [6, 6.07) is 10.2. The lowest BCUT2D eigenvalue weighted by Crippen LogP contribution is -2.20. The first-order valence-corrected chi connectivity index (χ1v) is 12.0. The molecule has 2 aromatic carbocycles. The zero-order valence-corrected chi connectivity index (χ0v) is 18.6. The first kappa shape index (κ1) is 21.4. The Kier molecular flexibility index (Phi) is 6.36. The lowest BCUT2D eigenvalue weighted by molar-refractivity contribution is 0.0996. The fourth-order valence-electron chi connectivity index (χ4n) is 3.13. The maximum Gasteiger partial charge on any atom is 0.279 e. The van der Waals surface area contributed by atoms with Crippen LogP contribution in [0, 0.1) is 13.8 Å². The number of amides is 1. The van der Waals surface area contributed by atoms with Crippen LogP contribution in [0.1, 0.15) is 28.4 Å². The van der Waals surface area contributed by atoms with E-state index in [9.17, 15) is 13.2 Å². The highest BCUT2D eigenvalue weighted by Crippen LogP contribution is 2.23. The normalized spacial score (nSPS) is 12.6. The van der Waals surface area contributed by atoms with Gasteiger partial charge in [-0.25, -0.2) is 8.42 Å². The summed E-state index contributed by atoms with van der Waals surface area (Å²) in [4.78, 5) is 17.8. The van der Waals surface area contributed by atoms with Crippen molar-refractivity contribution in [2.24, 2.45) is 4.99 Å². The SMILES string of the molecule is CCOCCn1c(=NC(=O)c2cccc(S(C)(=O)=O)c2)sc2c(C)cc(C)cc21. The maximum absolute atomic E-state index is 12.8. The van der Waals surface area contributed by atoms with Crippen LogP contribution in [0.25, 0.3) is 10.2 Å². The van der Waals surface area contributed by atoms with Crippen molar-refractivity contribution in [1.82, 2.24) is 4.57 Å². The third-order valence-electron chi connectivity index (χ3n) is 4.48. The molecule has 0 atom stereocenters. The van der Waals surface area contributed by atoms with E-state index in [1.54, 1.807) is 12.1 Å². The number of nitrogens with zero attached hydrogens (tertiary/aromatic N) is 2. The topological polar surface area (TPSA) is 77.7 Å². The molecular weight excluding hydrogens is 408 g/mol. The van der Waals surface area contributed by atoms with Gasteiger partial charge in [0.1, 0.15) is 0 Å². The zero-order valence-electron chi connectivity index (χ0n) is 16.9. The van der Waals surface area contributed by atoms with Gasteiger partial charge in [-0.15, -0.1) is 0 Å². The number of sulfone groups is 1. The summed E-state index contributed by atoms with van der Waals surface area (Å²) >= 11 is 1.45. The van der Waals surface area contributed by atoms with Crippen molar-refractivity contribution in [3.63, 3.8) is 0 Å². The minimum Gasteiger partial charge on any atom is -0.380 e. The van der Waals surface area contributed by atoms with E-state index in [1.807, 2.05) is 25.3 Å². The first-order valence-electron chi connectivity index (χ1n) is 9.28. The molecule has 1 amide bonds. The lowest BCUT2D eigenvalue weighted by atomic mass is 10.1. The van der Waals surface area contributed by atoms with Gasteiger partial charge >= 0.3 is 0 Å². The van der Waals surface area contributed by atoms with Crippen molar-refractivity contribution in [1.29, 1.82) is 0 Å². The summed E-state index contributed by atoms with van der Waals surface area (Å²) in [6.07, 6.45) is 1.12. The highest BCUT2D eigenvalue weighted by Gasteiger charge is 2.14. The van der Waals surface area contributed by atoms with Gasteiger partial charge in [-0.1, -0.05) is 23.5 Å². The van der Waals surface area contributed by atoms with E-state index in [4.69, 9.17) is 4.74 Å². The molecule has 0 aliphatic heterocycles. The average Bonchev–Trinajstić information content (AvgIpc) is 2.99. The number of hydrogen-bond acceptors (Lipinski definition) is 5. The Labute approximate surface area is 174 Å². The smallest absolute Gasteiger partial charge is 0.279 e. The van der Waals surface area contributed by atoms with Gasteiger partial charge in [-0.05, 0) is 56.2 Å². The Bertz CT molecular complexity index is 1240. The Morgan fingerprint density at radius 1 is 1.21 bits per heavy atom. The second-order valence-corrected chi connectivity index (χ2v) is 9.87. The molecule has 0 spiro atoms. The van der Waals surface area contributed by atoms with Gasteiger partial charge in [0.15, 0.2) is 14.6 Å². The van der Waals surface area contributed by atoms with Crippen molar-refractivity contribution in [2.45, 2.75) is 32.2 Å². The number of aryl methyl sites for hydroxylation is 2. The maximum atomic E-state index is 12.8. The molecule has 6 nitrogen and oxygen atoms in total. The Morgan fingerprint density at radius 2 is 1.97 bits per heavy atom. The summed E-state index contributed by atoms with van der Waals surface area (Å²) in [6.45, 7) is 7.72. The molecule has 3 aromatic rings. The minimum absolute atomic E-state index is 0.102. The molecule has 0 saturated heterocycles. The van der Waals surface area contributed by atoms with Crippen LogP contribution in [0.2, 0.25) is 0 Å². The van der Waals surface area contributed by atoms with Gasteiger partial charge in [-0.3, -0.25) is 4.79 Å². The highest BCUT2D eigenvalue weighted by molar-refractivity contribution is 7.90. The number of benzene rings is 2. The fourth-order valence-corrected chi connectivity index (χ4v) is 4.90. The van der Waals surface area contributed by atoms with Crippen molar-refractivity contribution in [2.75, 3.05) is 19.5 Å². The second kappa shape index (κ2) is 8.61. The molecular formula is C21H24N2O4S2. The van der Waals surface area contributed by atoms with E-state index in [-0.39, 0.29) is 10.5 Å². The van der Waals surface area contributed by atoms with E-state index in [0.29, 0.717) is 24.6 Å². The molecule has 1 heterocycles. The quantitative estimate of drug-likeness (QED) is 0.559. The molecule has 154 valence electrons. The number of carbonyl (C=O) groups is 1. The van der Waals surface area contributed by atoms with Crippen molar-refractivity contribution in [3.05, 3.63) is 57.9 Å². The molecule has 3 rings (SSSR count). The van der Waals surface area contributed by atoms with Gasteiger partial charge in [-0.2, -0.15) is 4.99 Å². The van der Waals surface area contributed by atoms with Crippen LogP contribution in [-0.2, 0) is 21.1 Å². The third-order valence-corrected chi connectivity index (χ3v) is 6.82. The van der Waals surface area contributed by atoms with Crippen LogP contribution >= 0.6 is 11.3 Å². The van der Waals surface area contributed by atoms with E-state index in [1.165, 1.54) is 23.5 Å². The zero-order chi connectivity index (χ0) is 21.2. The van der Waals surface area contributed by atoms with Crippen molar-refractivity contribution in [3.8, 4) is 0 Å². The number of thiazole rings is 1. The molecule has 0 aliphatic carbocycles. The van der Waals surface area contributed by atoms with Crippen LogP contribution in [0.4, 0.5) is 0 Å². The van der Waals surface area contributed by atoms with Crippen LogP contribution in [0.5, 0.6) is 0 Å². The van der Waals surface area contributed by atoms with Gasteiger partial charge in [0, 0.05) is 25.0 Å². The predicted molar refractivity (Wildman–Crippen MR) is 115 cm³/mol. The Hall–Kier alpha value is -2.29. The number of hydrogen-bond donors (Lipinski definition) is 0. The second-order valence-electron chi connectivity index (χ2n) is 6.88. The number of rotatable bonds is 6. The van der Waals surface area contributed by atoms with Crippen LogP contribution in [-0.4, -0.2) is 38.4 Å². The molecule has 29 heavy (non-hydrogen) atoms. The van der Waals surface area contributed by atoms with E-state index >= 15 is 0 Å². The van der Waals surface area contributed by atoms with Crippen LogP contribution in [0.3, 0.4) is 0 Å². The van der Waals surface area contributed by atoms with E-state index in [0.717, 1.165) is 27.6 Å². The molecule has 0 aliphatic rings. The van der Waals surface area contributed by atoms with E-state index < -0.39 is 15.7 Å². The molecule has 8 heteroatoms. The molecule has 0 saturated carbocycles. The molecule has 1 aromatic heterocycles. The van der Waals surface area contributed by atoms with Crippen LogP contribution in [0.15, 0.2) is 46.3 Å². The summed E-state index contributed by atoms with van der Waals surface area (Å²) in [5.41, 5.74) is 3.53. The molecule has 0 N–H and O–H groups in total. The first-order chi connectivity index (χ1) is 13.7. The number of carbonyl (C=O) groups excluding carboxylic acids is 1. The Morgan fingerprint density at radius 3 is 2.66 bits per heavy atom. The molecule has 0 unspecified atom stereocenters. The molecule has 0 fully saturated rings. The lowest BCUT2D eigenvalue weighted by Gasteiger charge is -2.07. The molecule has 0 bridgehead atoms. The highest BCUT2D eigenvalue weighted by atomic mass is 32.2. The monoisotopic (exact) mass is 432 g/mol. The largest absolute Gasteiger partial charge is 0.380 e. The van der Waals surface area contributed by atoms with Gasteiger partial charge in [0.05, 0.1) is 21.7 Å². The average molecular weight is 433 g/mol. The summed E-state index contributed by atoms with van der Waals surface area (Å²) in [7, 11) is -3.40. The number of fused-ring (bicyclic) bond motifs is 1. The van der Waals surface area contributed by atoms with Crippen molar-refractivity contribution < 1.29 is 17.9 Å². The number of aromatic nitrogens is 1. The van der Waals surface area contributed by atoms with Gasteiger partial charge in [0.2, 0.25) is 0 Å². The summed E-state index contributed by atoms with van der Waals surface area (Å²) in [5, 5.41) is 0. The standard InChI is InChI=1S/C21H24N2O4S2/c1-5-27-10-9-23-18-12-14(2)11-15(3)19(18)28-21(23)22-20(24)16-7-6-8-17(13-16)29(4,25)26/h6-8,11-13H,5,9-10H2,1-4H3. The summed E-state index contributed by atoms with van der Waals surface area (Å²) < 4.78 is 32.2. The van der Waals surface area contributed by atoms with Gasteiger partial charge in [0.25, 0.3) is 5.91 Å². The third kappa shape index (κ3) is 4.83. The Balaban J connectivity index is 2.12. The summed E-state index contributed by atoms with van der Waals surface area (Å²) in [5.74, 6) is -0.471. The molecule has 0 radical (unpaired) electrons.